The third kappa shape index (κ3) is 3.79. The minimum atomic E-state index is -4.55. The van der Waals surface area contributed by atoms with Gasteiger partial charge in [-0.2, -0.15) is 18.2 Å². The molecular weight excluding hydrogens is 313 g/mol. The molecule has 9 heteroatoms. The van der Waals surface area contributed by atoms with Crippen molar-refractivity contribution in [2.24, 2.45) is 0 Å². The van der Waals surface area contributed by atoms with Crippen LogP contribution in [-0.2, 0) is 12.7 Å². The summed E-state index contributed by atoms with van der Waals surface area (Å²) in [7, 11) is 0. The highest BCUT2D eigenvalue weighted by Gasteiger charge is 2.33. The average molecular weight is 326 g/mol. The van der Waals surface area contributed by atoms with E-state index in [9.17, 15) is 18.0 Å². The van der Waals surface area contributed by atoms with E-state index in [4.69, 9.17) is 4.52 Å². The number of anilines is 1. The molecule has 1 aromatic carbocycles. The van der Waals surface area contributed by atoms with Crippen molar-refractivity contribution in [1.82, 2.24) is 15.5 Å². The lowest BCUT2D eigenvalue weighted by Gasteiger charge is -2.13. The summed E-state index contributed by atoms with van der Waals surface area (Å²) in [6.07, 6.45) is -2.52. The maximum atomic E-state index is 12.8. The Kier molecular flexibility index (Phi) is 3.93. The summed E-state index contributed by atoms with van der Waals surface area (Å²) >= 11 is 0. The van der Waals surface area contributed by atoms with Gasteiger partial charge < -0.3 is 15.2 Å². The molecule has 2 N–H and O–H groups in total. The number of rotatable bonds is 4. The maximum Gasteiger partial charge on any atom is 0.418 e. The molecule has 2 amide bonds. The van der Waals surface area contributed by atoms with Crippen molar-refractivity contribution in [2.75, 3.05) is 5.32 Å². The van der Waals surface area contributed by atoms with Crippen LogP contribution in [0.25, 0.3) is 0 Å². The van der Waals surface area contributed by atoms with E-state index in [2.05, 4.69) is 20.8 Å². The number of nitrogens with one attached hydrogen (secondary N) is 2. The van der Waals surface area contributed by atoms with Gasteiger partial charge in [0.25, 0.3) is 0 Å². The number of carbonyl (C=O) groups is 1. The molecule has 1 aliphatic rings. The van der Waals surface area contributed by atoms with E-state index in [1.54, 1.807) is 0 Å². The highest BCUT2D eigenvalue weighted by molar-refractivity contribution is 5.90. The minimum Gasteiger partial charge on any atom is -0.337 e. The number of hydrogen-bond donors (Lipinski definition) is 2. The molecule has 3 rings (SSSR count). The van der Waals surface area contributed by atoms with Gasteiger partial charge in [-0.25, -0.2) is 4.79 Å². The molecule has 0 spiro atoms. The lowest BCUT2D eigenvalue weighted by atomic mass is 10.1. The number of nitrogens with zero attached hydrogens (tertiary/aromatic N) is 2. The topological polar surface area (TPSA) is 80.1 Å². The van der Waals surface area contributed by atoms with Crippen LogP contribution in [0.15, 0.2) is 28.8 Å². The van der Waals surface area contributed by atoms with Crippen molar-refractivity contribution >= 4 is 11.7 Å². The number of amides is 2. The fraction of sp³-hybridized carbons (Fsp3) is 0.357. The predicted octanol–water partition coefficient (Wildman–Crippen LogP) is 3.29. The monoisotopic (exact) mass is 326 g/mol. The van der Waals surface area contributed by atoms with Crippen LogP contribution in [-0.4, -0.2) is 16.2 Å². The van der Waals surface area contributed by atoms with Crippen molar-refractivity contribution in [2.45, 2.75) is 31.5 Å². The molecule has 0 atom stereocenters. The van der Waals surface area contributed by atoms with E-state index in [0.717, 1.165) is 18.9 Å². The highest BCUT2D eigenvalue weighted by atomic mass is 19.4. The minimum absolute atomic E-state index is 0.0558. The van der Waals surface area contributed by atoms with E-state index in [-0.39, 0.29) is 18.1 Å². The van der Waals surface area contributed by atoms with Crippen molar-refractivity contribution < 1.29 is 22.5 Å². The quantitative estimate of drug-likeness (QED) is 0.903. The van der Waals surface area contributed by atoms with Gasteiger partial charge in [-0.05, 0) is 25.0 Å². The number of halogens is 3. The Morgan fingerprint density at radius 3 is 2.74 bits per heavy atom. The number of urea groups is 1. The van der Waals surface area contributed by atoms with Gasteiger partial charge in [0.1, 0.15) is 0 Å². The third-order valence-electron chi connectivity index (χ3n) is 3.31. The second kappa shape index (κ2) is 5.90. The van der Waals surface area contributed by atoms with Gasteiger partial charge in [-0.3, -0.25) is 0 Å². The first-order valence-corrected chi connectivity index (χ1v) is 6.97. The molecule has 1 saturated carbocycles. The Balaban J connectivity index is 1.59. The summed E-state index contributed by atoms with van der Waals surface area (Å²) in [5, 5.41) is 8.33. The average Bonchev–Trinajstić information content (AvgIpc) is 3.24. The second-order valence-corrected chi connectivity index (χ2v) is 5.17. The van der Waals surface area contributed by atoms with Crippen molar-refractivity contribution in [3.05, 3.63) is 41.5 Å². The standard InChI is InChI=1S/C14H13F3N4O2/c15-14(16,17)9-3-1-2-4-10(9)19-13(22)18-7-11-20-12(21-23-11)8-5-6-8/h1-4,8H,5-7H2,(H2,18,19,22). The highest BCUT2D eigenvalue weighted by Crippen LogP contribution is 2.38. The molecule has 1 heterocycles. The number of benzene rings is 1. The number of aromatic nitrogens is 2. The lowest BCUT2D eigenvalue weighted by Crippen LogP contribution is -2.29. The van der Waals surface area contributed by atoms with Crippen LogP contribution < -0.4 is 10.6 Å². The zero-order valence-corrected chi connectivity index (χ0v) is 11.9. The molecule has 2 aromatic rings. The number of para-hydroxylation sites is 1. The molecular formula is C14H13F3N4O2. The molecule has 0 saturated heterocycles. The summed E-state index contributed by atoms with van der Waals surface area (Å²) in [6, 6.07) is 3.96. The van der Waals surface area contributed by atoms with Gasteiger partial charge in [-0.15, -0.1) is 0 Å². The first kappa shape index (κ1) is 15.3. The largest absolute Gasteiger partial charge is 0.418 e. The Morgan fingerprint density at radius 1 is 1.30 bits per heavy atom. The Bertz CT molecular complexity index is 710. The third-order valence-corrected chi connectivity index (χ3v) is 3.31. The van der Waals surface area contributed by atoms with E-state index < -0.39 is 17.8 Å². The van der Waals surface area contributed by atoms with Gasteiger partial charge in [-0.1, -0.05) is 17.3 Å². The van der Waals surface area contributed by atoms with Crippen LogP contribution in [0.2, 0.25) is 0 Å². The van der Waals surface area contributed by atoms with E-state index in [1.165, 1.54) is 18.2 Å². The summed E-state index contributed by atoms with van der Waals surface area (Å²) in [5.41, 5.74) is -1.23. The fourth-order valence-electron chi connectivity index (χ4n) is 2.01. The molecule has 0 bridgehead atoms. The van der Waals surface area contributed by atoms with Crippen LogP contribution in [0.1, 0.15) is 36.0 Å². The van der Waals surface area contributed by atoms with Crippen LogP contribution in [0.4, 0.5) is 23.7 Å². The van der Waals surface area contributed by atoms with Gasteiger partial charge in [0, 0.05) is 5.92 Å². The molecule has 1 fully saturated rings. The molecule has 23 heavy (non-hydrogen) atoms. The Labute approximate surface area is 129 Å². The summed E-state index contributed by atoms with van der Waals surface area (Å²) < 4.78 is 43.4. The maximum absolute atomic E-state index is 12.8. The summed E-state index contributed by atoms with van der Waals surface area (Å²) in [4.78, 5) is 15.8. The summed E-state index contributed by atoms with van der Waals surface area (Å²) in [6.45, 7) is -0.0558. The Hall–Kier alpha value is -2.58. The van der Waals surface area contributed by atoms with Crippen LogP contribution in [0.3, 0.4) is 0 Å². The molecule has 1 aliphatic carbocycles. The fourth-order valence-corrected chi connectivity index (χ4v) is 2.01. The van der Waals surface area contributed by atoms with Gasteiger partial charge in [0.05, 0.1) is 17.8 Å². The van der Waals surface area contributed by atoms with Crippen LogP contribution in [0, 0.1) is 0 Å². The van der Waals surface area contributed by atoms with Crippen LogP contribution >= 0.6 is 0 Å². The van der Waals surface area contributed by atoms with Crippen LogP contribution in [0.5, 0.6) is 0 Å². The Morgan fingerprint density at radius 2 is 2.04 bits per heavy atom. The lowest BCUT2D eigenvalue weighted by molar-refractivity contribution is -0.136. The van der Waals surface area contributed by atoms with Crippen molar-refractivity contribution in [1.29, 1.82) is 0 Å². The molecule has 0 unspecified atom stereocenters. The second-order valence-electron chi connectivity index (χ2n) is 5.17. The first-order chi connectivity index (χ1) is 10.9. The first-order valence-electron chi connectivity index (χ1n) is 6.97. The molecule has 0 aliphatic heterocycles. The van der Waals surface area contributed by atoms with E-state index in [1.807, 2.05) is 0 Å². The van der Waals surface area contributed by atoms with Gasteiger partial charge in [0.15, 0.2) is 5.82 Å². The number of hydrogen-bond acceptors (Lipinski definition) is 4. The number of alkyl halides is 3. The normalized spacial score (nSPS) is 14.6. The van der Waals surface area contributed by atoms with Crippen molar-refractivity contribution in [3.8, 4) is 0 Å². The molecule has 122 valence electrons. The van der Waals surface area contributed by atoms with E-state index >= 15 is 0 Å². The zero-order valence-electron chi connectivity index (χ0n) is 11.9. The van der Waals surface area contributed by atoms with E-state index in [0.29, 0.717) is 11.7 Å². The molecule has 0 radical (unpaired) electrons. The smallest absolute Gasteiger partial charge is 0.337 e. The summed E-state index contributed by atoms with van der Waals surface area (Å²) in [5.74, 6) is 1.13. The number of carbonyl (C=O) groups excluding carboxylic acids is 1. The molecule has 6 nitrogen and oxygen atoms in total. The molecule has 1 aromatic heterocycles. The van der Waals surface area contributed by atoms with Crippen molar-refractivity contribution in [3.63, 3.8) is 0 Å². The van der Waals surface area contributed by atoms with Gasteiger partial charge >= 0.3 is 12.2 Å². The SMILES string of the molecule is O=C(NCc1nc(C2CC2)no1)Nc1ccccc1C(F)(F)F. The van der Waals surface area contributed by atoms with Gasteiger partial charge in [0.2, 0.25) is 5.89 Å². The zero-order chi connectivity index (χ0) is 16.4. The predicted molar refractivity (Wildman–Crippen MR) is 73.6 cm³/mol.